The Hall–Kier alpha value is -2.12. The lowest BCUT2D eigenvalue weighted by Gasteiger charge is -2.21. The maximum Gasteiger partial charge on any atom is 0.246 e. The van der Waals surface area contributed by atoms with Crippen LogP contribution in [0.1, 0.15) is 24.0 Å². The van der Waals surface area contributed by atoms with Crippen LogP contribution in [-0.2, 0) is 4.79 Å². The number of carbonyl (C=O) groups excluding carboxylic acids is 1. The molecule has 1 aliphatic heterocycles. The van der Waals surface area contributed by atoms with Crippen LogP contribution in [0.25, 0.3) is 6.08 Å². The molecule has 1 atom stereocenters. The Kier molecular flexibility index (Phi) is 4.32. The first-order valence-corrected chi connectivity index (χ1v) is 6.34. The second kappa shape index (κ2) is 6.17. The molecule has 1 fully saturated rings. The summed E-state index contributed by atoms with van der Waals surface area (Å²) < 4.78 is 0. The first-order valence-electron chi connectivity index (χ1n) is 6.34. The van der Waals surface area contributed by atoms with Crippen LogP contribution in [0.2, 0.25) is 0 Å². The van der Waals surface area contributed by atoms with Crippen LogP contribution in [0.3, 0.4) is 0 Å². The molecule has 0 aliphatic carbocycles. The van der Waals surface area contributed by atoms with Gasteiger partial charge in [0.2, 0.25) is 5.91 Å². The summed E-state index contributed by atoms with van der Waals surface area (Å²) >= 11 is 0. The van der Waals surface area contributed by atoms with E-state index in [0.717, 1.165) is 18.4 Å². The molecule has 19 heavy (non-hydrogen) atoms. The third-order valence-corrected chi connectivity index (χ3v) is 3.33. The number of likely N-dealkylation sites (tertiary alicyclic amines) is 1. The zero-order valence-electron chi connectivity index (χ0n) is 10.6. The van der Waals surface area contributed by atoms with Crippen molar-refractivity contribution < 1.29 is 9.90 Å². The van der Waals surface area contributed by atoms with Gasteiger partial charge in [0.15, 0.2) is 0 Å². The maximum absolute atomic E-state index is 12.0. The van der Waals surface area contributed by atoms with Crippen molar-refractivity contribution in [3.63, 3.8) is 0 Å². The lowest BCUT2D eigenvalue weighted by molar-refractivity contribution is -0.127. The number of aliphatic hydroxyl groups excluding tert-OH is 1. The number of carbonyl (C=O) groups is 1. The molecule has 0 radical (unpaired) electrons. The Bertz CT molecular complexity index is 514. The van der Waals surface area contributed by atoms with E-state index in [9.17, 15) is 9.90 Å². The largest absolute Gasteiger partial charge is 0.394 e. The van der Waals surface area contributed by atoms with E-state index in [0.29, 0.717) is 12.1 Å². The van der Waals surface area contributed by atoms with Crippen molar-refractivity contribution in [3.8, 4) is 6.07 Å². The van der Waals surface area contributed by atoms with Crippen molar-refractivity contribution in [2.24, 2.45) is 0 Å². The molecule has 0 spiro atoms. The smallest absolute Gasteiger partial charge is 0.246 e. The Morgan fingerprint density at radius 1 is 1.47 bits per heavy atom. The molecule has 1 N–H and O–H groups in total. The first-order chi connectivity index (χ1) is 9.24. The van der Waals surface area contributed by atoms with Gasteiger partial charge in [0, 0.05) is 12.6 Å². The SMILES string of the molecule is N#Cc1ccc(C=CC(=O)N2CCC[C@H]2CO)cc1. The molecule has 1 aromatic rings. The zero-order chi connectivity index (χ0) is 13.7. The molecule has 0 saturated carbocycles. The van der Waals surface area contributed by atoms with E-state index in [1.807, 2.05) is 0 Å². The molecule has 4 heteroatoms. The van der Waals surface area contributed by atoms with Crippen LogP contribution in [0.15, 0.2) is 30.3 Å². The van der Waals surface area contributed by atoms with E-state index in [2.05, 4.69) is 6.07 Å². The molecule has 2 rings (SSSR count). The summed E-state index contributed by atoms with van der Waals surface area (Å²) in [5.74, 6) is -0.0686. The second-order valence-electron chi connectivity index (χ2n) is 4.58. The minimum atomic E-state index is -0.0686. The summed E-state index contributed by atoms with van der Waals surface area (Å²) in [6, 6.07) is 9.05. The summed E-state index contributed by atoms with van der Waals surface area (Å²) in [7, 11) is 0. The van der Waals surface area contributed by atoms with Gasteiger partial charge in [-0.25, -0.2) is 0 Å². The Morgan fingerprint density at radius 3 is 2.84 bits per heavy atom. The fourth-order valence-electron chi connectivity index (χ4n) is 2.25. The van der Waals surface area contributed by atoms with Gasteiger partial charge in [0.25, 0.3) is 0 Å². The predicted octanol–water partition coefficient (Wildman–Crippen LogP) is 1.55. The number of rotatable bonds is 3. The molecular weight excluding hydrogens is 240 g/mol. The minimum absolute atomic E-state index is 0.0243. The second-order valence-corrected chi connectivity index (χ2v) is 4.58. The lowest BCUT2D eigenvalue weighted by Crippen LogP contribution is -2.36. The molecule has 1 saturated heterocycles. The van der Waals surface area contributed by atoms with E-state index in [1.54, 1.807) is 35.2 Å². The van der Waals surface area contributed by atoms with Gasteiger partial charge in [-0.2, -0.15) is 5.26 Å². The van der Waals surface area contributed by atoms with Crippen molar-refractivity contribution >= 4 is 12.0 Å². The molecule has 98 valence electrons. The molecule has 0 aromatic heterocycles. The van der Waals surface area contributed by atoms with Crippen LogP contribution >= 0.6 is 0 Å². The number of hydrogen-bond donors (Lipinski definition) is 1. The van der Waals surface area contributed by atoms with Gasteiger partial charge < -0.3 is 10.0 Å². The van der Waals surface area contributed by atoms with E-state index >= 15 is 0 Å². The number of nitriles is 1. The van der Waals surface area contributed by atoms with Crippen molar-refractivity contribution in [1.29, 1.82) is 5.26 Å². The van der Waals surface area contributed by atoms with E-state index < -0.39 is 0 Å². The quantitative estimate of drug-likeness (QED) is 0.835. The van der Waals surface area contributed by atoms with Gasteiger partial charge in [0.1, 0.15) is 0 Å². The highest BCUT2D eigenvalue weighted by molar-refractivity contribution is 5.92. The zero-order valence-corrected chi connectivity index (χ0v) is 10.6. The Balaban J connectivity index is 2.01. The first kappa shape index (κ1) is 13.3. The monoisotopic (exact) mass is 256 g/mol. The van der Waals surface area contributed by atoms with Gasteiger partial charge in [0.05, 0.1) is 24.3 Å². The fraction of sp³-hybridized carbons (Fsp3) is 0.333. The van der Waals surface area contributed by atoms with E-state index in [4.69, 9.17) is 5.26 Å². The normalized spacial score (nSPS) is 18.7. The van der Waals surface area contributed by atoms with E-state index in [1.165, 1.54) is 6.08 Å². The summed E-state index contributed by atoms with van der Waals surface area (Å²) in [5, 5.41) is 17.9. The molecule has 0 bridgehead atoms. The molecule has 1 amide bonds. The van der Waals surface area contributed by atoms with Crippen molar-refractivity contribution in [3.05, 3.63) is 41.5 Å². The molecular formula is C15H16N2O2. The van der Waals surface area contributed by atoms with Crippen LogP contribution in [-0.4, -0.2) is 35.1 Å². The van der Waals surface area contributed by atoms with Gasteiger partial charge in [-0.05, 0) is 36.6 Å². The molecule has 0 unspecified atom stereocenters. The van der Waals surface area contributed by atoms with Gasteiger partial charge in [-0.15, -0.1) is 0 Å². The van der Waals surface area contributed by atoms with E-state index in [-0.39, 0.29) is 18.6 Å². The summed E-state index contributed by atoms with van der Waals surface area (Å²) in [6.45, 7) is 0.734. The third-order valence-electron chi connectivity index (χ3n) is 3.33. The standard InChI is InChI=1S/C15H16N2O2/c16-10-13-5-3-12(4-6-13)7-8-15(19)17-9-1-2-14(17)11-18/h3-8,14,18H,1-2,9,11H2/t14-/m0/s1. The molecule has 1 aliphatic rings. The van der Waals surface area contributed by atoms with Crippen LogP contribution in [0, 0.1) is 11.3 Å². The topological polar surface area (TPSA) is 64.3 Å². The van der Waals surface area contributed by atoms with Crippen molar-refractivity contribution in [1.82, 2.24) is 4.90 Å². The number of nitrogens with zero attached hydrogens (tertiary/aromatic N) is 2. The van der Waals surface area contributed by atoms with Crippen LogP contribution < -0.4 is 0 Å². The summed E-state index contributed by atoms with van der Waals surface area (Å²) in [4.78, 5) is 13.7. The van der Waals surface area contributed by atoms with Gasteiger partial charge in [-0.3, -0.25) is 4.79 Å². The van der Waals surface area contributed by atoms with Crippen LogP contribution in [0.5, 0.6) is 0 Å². The summed E-state index contributed by atoms with van der Waals surface area (Å²) in [6.07, 6.45) is 5.07. The number of amides is 1. The molecule has 1 aromatic carbocycles. The summed E-state index contributed by atoms with van der Waals surface area (Å²) in [5.41, 5.74) is 1.48. The third kappa shape index (κ3) is 3.21. The fourth-order valence-corrected chi connectivity index (χ4v) is 2.25. The average Bonchev–Trinajstić information content (AvgIpc) is 2.93. The molecule has 1 heterocycles. The molecule has 4 nitrogen and oxygen atoms in total. The predicted molar refractivity (Wildman–Crippen MR) is 72.0 cm³/mol. The maximum atomic E-state index is 12.0. The Morgan fingerprint density at radius 2 is 2.21 bits per heavy atom. The van der Waals surface area contributed by atoms with Gasteiger partial charge >= 0.3 is 0 Å². The highest BCUT2D eigenvalue weighted by Crippen LogP contribution is 2.17. The van der Waals surface area contributed by atoms with Gasteiger partial charge in [-0.1, -0.05) is 12.1 Å². The minimum Gasteiger partial charge on any atom is -0.394 e. The highest BCUT2D eigenvalue weighted by Gasteiger charge is 2.26. The number of aliphatic hydroxyl groups is 1. The van der Waals surface area contributed by atoms with Crippen molar-refractivity contribution in [2.45, 2.75) is 18.9 Å². The average molecular weight is 256 g/mol. The number of hydrogen-bond acceptors (Lipinski definition) is 3. The van der Waals surface area contributed by atoms with Crippen LogP contribution in [0.4, 0.5) is 0 Å². The highest BCUT2D eigenvalue weighted by atomic mass is 16.3. The number of benzene rings is 1. The Labute approximate surface area is 112 Å². The lowest BCUT2D eigenvalue weighted by atomic mass is 10.1. The van der Waals surface area contributed by atoms with Crippen molar-refractivity contribution in [2.75, 3.05) is 13.2 Å².